The molecule has 0 radical (unpaired) electrons. The number of hydrogen-bond donors (Lipinski definition) is 0. The summed E-state index contributed by atoms with van der Waals surface area (Å²) >= 11 is 0. The van der Waals surface area contributed by atoms with Crippen LogP contribution < -0.4 is 0 Å². The Morgan fingerprint density at radius 1 is 1.35 bits per heavy atom. The number of carbonyl (C=O) groups excluding carboxylic acids is 1. The Morgan fingerprint density at radius 2 is 2.12 bits per heavy atom. The van der Waals surface area contributed by atoms with E-state index in [4.69, 9.17) is 4.74 Å². The highest BCUT2D eigenvalue weighted by Crippen LogP contribution is 2.48. The second-order valence-corrected chi connectivity index (χ2v) is 5.66. The average Bonchev–Trinajstić information content (AvgIpc) is 3.01. The molecule has 3 heteroatoms. The van der Waals surface area contributed by atoms with Crippen molar-refractivity contribution < 1.29 is 9.53 Å². The van der Waals surface area contributed by atoms with Crippen LogP contribution in [0.3, 0.4) is 0 Å². The molecule has 1 amide bonds. The van der Waals surface area contributed by atoms with Crippen LogP contribution in [0.4, 0.5) is 0 Å². The van der Waals surface area contributed by atoms with E-state index in [1.54, 1.807) is 0 Å². The summed E-state index contributed by atoms with van der Waals surface area (Å²) in [5.41, 5.74) is 0. The van der Waals surface area contributed by atoms with Crippen LogP contribution in [0.25, 0.3) is 0 Å². The highest BCUT2D eigenvalue weighted by Gasteiger charge is 2.52. The van der Waals surface area contributed by atoms with Crippen molar-refractivity contribution in [1.82, 2.24) is 4.90 Å². The van der Waals surface area contributed by atoms with Gasteiger partial charge in [0.25, 0.3) is 0 Å². The summed E-state index contributed by atoms with van der Waals surface area (Å²) < 4.78 is 5.34. The lowest BCUT2D eigenvalue weighted by atomic mass is 9.95. The van der Waals surface area contributed by atoms with Crippen molar-refractivity contribution in [3.05, 3.63) is 12.7 Å². The van der Waals surface area contributed by atoms with Crippen LogP contribution in [0.2, 0.25) is 0 Å². The van der Waals surface area contributed by atoms with Crippen molar-refractivity contribution in [2.75, 3.05) is 13.2 Å². The van der Waals surface area contributed by atoms with Crippen molar-refractivity contribution >= 4 is 5.91 Å². The van der Waals surface area contributed by atoms with Gasteiger partial charge in [-0.3, -0.25) is 4.79 Å². The lowest BCUT2D eigenvalue weighted by Gasteiger charge is -2.28. The predicted octanol–water partition coefficient (Wildman–Crippen LogP) is 1.98. The summed E-state index contributed by atoms with van der Waals surface area (Å²) in [5.74, 6) is 1.67. The fourth-order valence-electron chi connectivity index (χ4n) is 3.38. The average molecular weight is 235 g/mol. The molecule has 0 N–H and O–H groups in total. The van der Waals surface area contributed by atoms with Gasteiger partial charge in [0.2, 0.25) is 5.91 Å². The van der Waals surface area contributed by atoms with Crippen LogP contribution in [0.5, 0.6) is 0 Å². The number of fused-ring (bicyclic) bond motifs is 1. The van der Waals surface area contributed by atoms with Crippen LogP contribution in [0, 0.1) is 11.8 Å². The summed E-state index contributed by atoms with van der Waals surface area (Å²) in [7, 11) is 0. The molecule has 3 atom stereocenters. The number of hydrogen-bond acceptors (Lipinski definition) is 2. The van der Waals surface area contributed by atoms with Gasteiger partial charge in [-0.15, -0.1) is 6.58 Å². The van der Waals surface area contributed by atoms with E-state index in [2.05, 4.69) is 11.5 Å². The zero-order valence-electron chi connectivity index (χ0n) is 10.3. The van der Waals surface area contributed by atoms with Crippen LogP contribution in [-0.4, -0.2) is 36.1 Å². The van der Waals surface area contributed by atoms with E-state index < -0.39 is 0 Å². The van der Waals surface area contributed by atoms with E-state index >= 15 is 0 Å². The molecule has 0 aromatic carbocycles. The number of likely N-dealkylation sites (tertiary alicyclic amines) is 1. The summed E-state index contributed by atoms with van der Waals surface area (Å²) in [6, 6.07) is 0.858. The molecule has 2 saturated heterocycles. The van der Waals surface area contributed by atoms with Gasteiger partial charge in [0, 0.05) is 25.7 Å². The first-order chi connectivity index (χ1) is 8.29. The monoisotopic (exact) mass is 235 g/mol. The van der Waals surface area contributed by atoms with E-state index in [1.807, 2.05) is 6.08 Å². The Morgan fingerprint density at radius 3 is 2.82 bits per heavy atom. The molecule has 3 nitrogen and oxygen atoms in total. The highest BCUT2D eigenvalue weighted by molar-refractivity contribution is 5.78. The van der Waals surface area contributed by atoms with Gasteiger partial charge in [-0.2, -0.15) is 0 Å². The molecule has 3 rings (SSSR count). The minimum Gasteiger partial charge on any atom is -0.381 e. The van der Waals surface area contributed by atoms with Crippen molar-refractivity contribution in [1.29, 1.82) is 0 Å². The van der Waals surface area contributed by atoms with Gasteiger partial charge in [-0.25, -0.2) is 0 Å². The molecule has 94 valence electrons. The molecule has 0 unspecified atom stereocenters. The van der Waals surface area contributed by atoms with E-state index in [0.717, 1.165) is 44.8 Å². The second-order valence-electron chi connectivity index (χ2n) is 5.66. The zero-order valence-corrected chi connectivity index (χ0v) is 10.3. The normalized spacial score (nSPS) is 36.7. The van der Waals surface area contributed by atoms with E-state index in [-0.39, 0.29) is 0 Å². The van der Waals surface area contributed by atoms with Gasteiger partial charge in [-0.1, -0.05) is 6.08 Å². The molecule has 3 fully saturated rings. The fraction of sp³-hybridized carbons (Fsp3) is 0.786. The van der Waals surface area contributed by atoms with Crippen LogP contribution >= 0.6 is 0 Å². The van der Waals surface area contributed by atoms with E-state index in [0.29, 0.717) is 23.9 Å². The molecule has 3 aliphatic rings. The molecular formula is C14H21NO2. The van der Waals surface area contributed by atoms with Crippen molar-refractivity contribution in [2.45, 2.75) is 44.2 Å². The summed E-state index contributed by atoms with van der Waals surface area (Å²) in [4.78, 5) is 14.5. The molecule has 17 heavy (non-hydrogen) atoms. The molecule has 0 spiro atoms. The first-order valence-corrected chi connectivity index (χ1v) is 6.81. The third-order valence-electron chi connectivity index (χ3n) is 4.51. The first kappa shape index (κ1) is 11.3. The van der Waals surface area contributed by atoms with Gasteiger partial charge in [0.1, 0.15) is 0 Å². The van der Waals surface area contributed by atoms with Gasteiger partial charge in [-0.05, 0) is 37.5 Å². The largest absolute Gasteiger partial charge is 0.381 e. The van der Waals surface area contributed by atoms with Crippen LogP contribution in [-0.2, 0) is 9.53 Å². The van der Waals surface area contributed by atoms with Gasteiger partial charge in [0.05, 0.1) is 6.04 Å². The molecule has 2 heterocycles. The standard InChI is InChI=1S/C14H21NO2/c1-2-12-8-11-9-13(11)15(12)14(16)7-10-3-5-17-6-4-10/h2,10-13H,1,3-9H2/t11-,12+,13+/m0/s1. The summed E-state index contributed by atoms with van der Waals surface area (Å²) in [6.45, 7) is 5.52. The van der Waals surface area contributed by atoms with Crippen molar-refractivity contribution in [3.63, 3.8) is 0 Å². The topological polar surface area (TPSA) is 29.5 Å². The second kappa shape index (κ2) is 4.45. The molecule has 2 aliphatic heterocycles. The lowest BCUT2D eigenvalue weighted by Crippen LogP contribution is -2.38. The number of rotatable bonds is 3. The Bertz CT molecular complexity index is 322. The smallest absolute Gasteiger partial charge is 0.223 e. The number of carbonyl (C=O) groups is 1. The third kappa shape index (κ3) is 2.13. The maximum absolute atomic E-state index is 12.4. The number of nitrogens with zero attached hydrogens (tertiary/aromatic N) is 1. The molecule has 0 aromatic heterocycles. The summed E-state index contributed by atoms with van der Waals surface area (Å²) in [5, 5.41) is 0. The molecular weight excluding hydrogens is 214 g/mol. The van der Waals surface area contributed by atoms with Crippen molar-refractivity contribution in [3.8, 4) is 0 Å². The van der Waals surface area contributed by atoms with Crippen molar-refractivity contribution in [2.24, 2.45) is 11.8 Å². The number of amides is 1. The molecule has 1 aliphatic carbocycles. The lowest BCUT2D eigenvalue weighted by molar-refractivity contribution is -0.134. The zero-order chi connectivity index (χ0) is 11.8. The van der Waals surface area contributed by atoms with Crippen LogP contribution in [0.1, 0.15) is 32.1 Å². The van der Waals surface area contributed by atoms with Gasteiger partial charge >= 0.3 is 0 Å². The maximum Gasteiger partial charge on any atom is 0.223 e. The molecule has 0 aromatic rings. The van der Waals surface area contributed by atoms with Gasteiger partial charge in [0.15, 0.2) is 0 Å². The Kier molecular flexibility index (Phi) is 2.95. The SMILES string of the molecule is C=C[C@@H]1C[C@H]2C[C@H]2N1C(=O)CC1CCOCC1. The quantitative estimate of drug-likeness (QED) is 0.700. The fourth-order valence-corrected chi connectivity index (χ4v) is 3.38. The highest BCUT2D eigenvalue weighted by atomic mass is 16.5. The minimum absolute atomic E-state index is 0.311. The first-order valence-electron chi connectivity index (χ1n) is 6.81. The third-order valence-corrected chi connectivity index (χ3v) is 4.51. The molecule has 1 saturated carbocycles. The van der Waals surface area contributed by atoms with Crippen LogP contribution in [0.15, 0.2) is 12.7 Å². The Labute approximate surface area is 103 Å². The predicted molar refractivity (Wildman–Crippen MR) is 65.5 cm³/mol. The van der Waals surface area contributed by atoms with E-state index in [1.165, 1.54) is 6.42 Å². The van der Waals surface area contributed by atoms with Gasteiger partial charge < -0.3 is 9.64 Å². The van der Waals surface area contributed by atoms with E-state index in [9.17, 15) is 4.79 Å². The summed E-state index contributed by atoms with van der Waals surface area (Å²) in [6.07, 6.45) is 7.14. The maximum atomic E-state index is 12.4. The number of ether oxygens (including phenoxy) is 1. The molecule has 0 bridgehead atoms. The number of piperidine rings is 1. The Balaban J connectivity index is 1.59. The Hall–Kier alpha value is -0.830. The minimum atomic E-state index is 0.311.